The molecule has 2 unspecified atom stereocenters. The topological polar surface area (TPSA) is 160 Å². The number of ether oxygens (including phenoxy) is 1. The van der Waals surface area contributed by atoms with Crippen LogP contribution in [-0.4, -0.2) is 77.7 Å². The van der Waals surface area contributed by atoms with Gasteiger partial charge in [0.25, 0.3) is 0 Å². The van der Waals surface area contributed by atoms with Crippen molar-refractivity contribution < 1.29 is 26.2 Å². The van der Waals surface area contributed by atoms with Crippen molar-refractivity contribution in [3.05, 3.63) is 25.3 Å². The Morgan fingerprint density at radius 2 is 2.36 bits per heavy atom. The molecule has 4 heterocycles. The van der Waals surface area contributed by atoms with Gasteiger partial charge in [0.2, 0.25) is 5.91 Å². The lowest BCUT2D eigenvalue weighted by atomic mass is 9.94. The van der Waals surface area contributed by atoms with E-state index >= 15 is 0 Å². The van der Waals surface area contributed by atoms with E-state index in [9.17, 15) is 20.1 Å². The van der Waals surface area contributed by atoms with Crippen LogP contribution in [0, 0.1) is 0 Å². The molecule has 0 aromatic carbocycles. The van der Waals surface area contributed by atoms with Gasteiger partial charge in [-0.2, -0.15) is 0 Å². The first-order chi connectivity index (χ1) is 13.9. The molecule has 0 saturated carbocycles. The Morgan fingerprint density at radius 3 is 3.07 bits per heavy atom. The third-order valence-corrected chi connectivity index (χ3v) is 5.42. The Labute approximate surface area is 161 Å². The molecule has 11 heteroatoms. The zero-order chi connectivity index (χ0) is 20.8. The molecule has 0 bridgehead atoms. The number of nitrogens with two attached hydrogens (primary N) is 1. The molecule has 2 aliphatic rings. The number of carbonyl (C=O) groups is 1. The van der Waals surface area contributed by atoms with Crippen molar-refractivity contribution in [3.63, 3.8) is 0 Å². The number of carbonyl (C=O) groups excluding carboxylic acids is 1. The number of rotatable bonds is 5. The maximum Gasteiger partial charge on any atom is 0.240 e. The minimum Gasteiger partial charge on any atom is -0.394 e. The van der Waals surface area contributed by atoms with E-state index in [1.165, 1.54) is 17.2 Å². The first-order valence-electron chi connectivity index (χ1n) is 9.46. The largest absolute Gasteiger partial charge is 0.394 e. The van der Waals surface area contributed by atoms with Crippen molar-refractivity contribution in [1.29, 1.82) is 0 Å². The fourth-order valence-corrected chi connectivity index (χ4v) is 3.94. The van der Waals surface area contributed by atoms with Gasteiger partial charge in [-0.15, -0.1) is 0 Å². The van der Waals surface area contributed by atoms with Crippen LogP contribution in [0.15, 0.2) is 25.3 Å². The zero-order valence-electron chi connectivity index (χ0n) is 15.9. The fourth-order valence-electron chi connectivity index (χ4n) is 3.94. The lowest BCUT2D eigenvalue weighted by Gasteiger charge is -2.28. The van der Waals surface area contributed by atoms with Gasteiger partial charge >= 0.3 is 0 Å². The standard InChI is InChI=1S/C17H22N6O5/c1-2-17(27)12(25)10(6-24)28-16(17)23-8-21-11-14(19-7-20-15(11)23)22-5-3-4-9(22)13(18)26/h2,7-10,12,16,24-25,27H,1,3-6H2,(H2,18,26)/t9?,10-,12-,16?,17-/m1/s1/i1D. The summed E-state index contributed by atoms with van der Waals surface area (Å²) in [5, 5.41) is 30.9. The summed E-state index contributed by atoms with van der Waals surface area (Å²) in [6.07, 6.45) is 1.46. The van der Waals surface area contributed by atoms with Crippen molar-refractivity contribution in [2.24, 2.45) is 5.73 Å². The normalized spacial score (nSPS) is 33.8. The van der Waals surface area contributed by atoms with Crippen molar-refractivity contribution in [3.8, 4) is 0 Å². The Balaban J connectivity index is 1.80. The molecule has 28 heavy (non-hydrogen) atoms. The van der Waals surface area contributed by atoms with Crippen molar-refractivity contribution in [2.75, 3.05) is 18.1 Å². The summed E-state index contributed by atoms with van der Waals surface area (Å²) >= 11 is 0. The van der Waals surface area contributed by atoms with E-state index in [1.807, 2.05) is 0 Å². The molecule has 150 valence electrons. The number of nitrogens with zero attached hydrogens (tertiary/aromatic N) is 5. The number of amides is 1. The molecule has 2 aliphatic heterocycles. The monoisotopic (exact) mass is 391 g/mol. The van der Waals surface area contributed by atoms with Gasteiger partial charge in [0, 0.05) is 6.54 Å². The Morgan fingerprint density at radius 1 is 1.54 bits per heavy atom. The summed E-state index contributed by atoms with van der Waals surface area (Å²) < 4.78 is 14.4. The lowest BCUT2D eigenvalue weighted by molar-refractivity contribution is -0.119. The van der Waals surface area contributed by atoms with Crippen LogP contribution in [0.4, 0.5) is 5.82 Å². The number of aliphatic hydroxyl groups excluding tert-OH is 2. The number of aromatic nitrogens is 4. The molecule has 0 radical (unpaired) electrons. The Hall–Kier alpha value is -2.60. The van der Waals surface area contributed by atoms with Crippen LogP contribution in [0.3, 0.4) is 0 Å². The number of imidazole rings is 1. The second-order valence-electron chi connectivity index (χ2n) is 6.98. The SMILES string of the molecule is [2H]C=C[C@]1(O)C(n2cnc3c(N4CCCC4C(N)=O)ncnc32)O[C@H](CO)[C@H]1O. The third kappa shape index (κ3) is 2.58. The van der Waals surface area contributed by atoms with Gasteiger partial charge in [-0.05, 0) is 12.8 Å². The van der Waals surface area contributed by atoms with Crippen LogP contribution in [-0.2, 0) is 9.53 Å². The fraction of sp³-hybridized carbons (Fsp3) is 0.529. The quantitative estimate of drug-likeness (QED) is 0.442. The molecule has 4 rings (SSSR count). The highest BCUT2D eigenvalue weighted by Crippen LogP contribution is 2.41. The molecule has 2 aromatic heterocycles. The molecule has 5 atom stereocenters. The number of hydrogen-bond acceptors (Lipinski definition) is 9. The van der Waals surface area contributed by atoms with E-state index in [2.05, 4.69) is 15.0 Å². The summed E-state index contributed by atoms with van der Waals surface area (Å²) in [5.41, 5.74) is 4.22. The smallest absolute Gasteiger partial charge is 0.240 e. The number of hydrogen-bond donors (Lipinski definition) is 4. The maximum absolute atomic E-state index is 11.8. The minimum atomic E-state index is -1.97. The second kappa shape index (κ2) is 6.78. The summed E-state index contributed by atoms with van der Waals surface area (Å²) in [5.74, 6) is -0.0106. The molecule has 5 N–H and O–H groups in total. The highest BCUT2D eigenvalue weighted by Gasteiger charge is 2.54. The van der Waals surface area contributed by atoms with Crippen molar-refractivity contribution in [2.45, 2.75) is 42.9 Å². The summed E-state index contributed by atoms with van der Waals surface area (Å²) in [6, 6.07) is -0.496. The van der Waals surface area contributed by atoms with Crippen molar-refractivity contribution in [1.82, 2.24) is 19.5 Å². The summed E-state index contributed by atoms with van der Waals surface area (Å²) in [7, 11) is 0. The number of anilines is 1. The van der Waals surface area contributed by atoms with Gasteiger partial charge < -0.3 is 30.7 Å². The molecule has 2 fully saturated rings. The average molecular weight is 391 g/mol. The van der Waals surface area contributed by atoms with Crippen LogP contribution >= 0.6 is 0 Å². The van der Waals surface area contributed by atoms with Crippen LogP contribution in [0.1, 0.15) is 20.4 Å². The molecular formula is C17H22N6O5. The van der Waals surface area contributed by atoms with Crippen LogP contribution in [0.5, 0.6) is 0 Å². The average Bonchev–Trinajstić information content (AvgIpc) is 3.40. The predicted octanol–water partition coefficient (Wildman–Crippen LogP) is -1.55. The molecule has 2 aromatic rings. The van der Waals surface area contributed by atoms with E-state index < -0.39 is 42.6 Å². The number of fused-ring (bicyclic) bond motifs is 1. The second-order valence-corrected chi connectivity index (χ2v) is 6.98. The van der Waals surface area contributed by atoms with E-state index in [-0.39, 0.29) is 0 Å². The summed E-state index contributed by atoms with van der Waals surface area (Å²) in [6.45, 7) is 0.913. The molecule has 0 aliphatic carbocycles. The van der Waals surface area contributed by atoms with Gasteiger partial charge in [-0.3, -0.25) is 9.36 Å². The molecule has 0 spiro atoms. The Kier molecular flexibility index (Phi) is 4.23. The van der Waals surface area contributed by atoms with E-state index in [0.29, 0.717) is 29.9 Å². The van der Waals surface area contributed by atoms with Crippen LogP contribution in [0.25, 0.3) is 11.2 Å². The van der Waals surface area contributed by atoms with Gasteiger partial charge in [0.1, 0.15) is 24.6 Å². The van der Waals surface area contributed by atoms with E-state index in [4.69, 9.17) is 11.8 Å². The van der Waals surface area contributed by atoms with Gasteiger partial charge in [0.15, 0.2) is 28.8 Å². The van der Waals surface area contributed by atoms with E-state index in [0.717, 1.165) is 19.1 Å². The highest BCUT2D eigenvalue weighted by molar-refractivity contribution is 5.89. The number of aliphatic hydroxyl groups is 3. The highest BCUT2D eigenvalue weighted by atomic mass is 16.6. The number of primary amides is 1. The molecule has 2 saturated heterocycles. The minimum absolute atomic E-state index is 0.303. The zero-order valence-corrected chi connectivity index (χ0v) is 14.9. The van der Waals surface area contributed by atoms with E-state index in [1.54, 1.807) is 4.90 Å². The summed E-state index contributed by atoms with van der Waals surface area (Å²) in [4.78, 5) is 26.4. The lowest BCUT2D eigenvalue weighted by Crippen LogP contribution is -2.45. The third-order valence-electron chi connectivity index (χ3n) is 5.42. The predicted molar refractivity (Wildman–Crippen MR) is 97.0 cm³/mol. The van der Waals surface area contributed by atoms with Crippen molar-refractivity contribution >= 4 is 22.9 Å². The van der Waals surface area contributed by atoms with Crippen LogP contribution in [0.2, 0.25) is 0 Å². The van der Waals surface area contributed by atoms with Crippen LogP contribution < -0.4 is 10.6 Å². The van der Waals surface area contributed by atoms with Gasteiger partial charge in [-0.25, -0.2) is 15.0 Å². The Bertz CT molecular complexity index is 954. The molecule has 1 amide bonds. The first kappa shape index (κ1) is 17.5. The first-order valence-corrected chi connectivity index (χ1v) is 8.88. The molecule has 11 nitrogen and oxygen atoms in total. The molecular weight excluding hydrogens is 368 g/mol. The van der Waals surface area contributed by atoms with Gasteiger partial charge in [-0.1, -0.05) is 12.6 Å². The maximum atomic E-state index is 11.8. The van der Waals surface area contributed by atoms with Gasteiger partial charge in [0.05, 0.1) is 14.3 Å².